The highest BCUT2D eigenvalue weighted by atomic mass is 14.6. The molecule has 0 saturated heterocycles. The molecule has 3 atom stereocenters. The Morgan fingerprint density at radius 3 is 2.06 bits per heavy atom. The molecule has 96 valence electrons. The summed E-state index contributed by atoms with van der Waals surface area (Å²) in [6, 6.07) is 10.7. The Labute approximate surface area is 105 Å². The van der Waals surface area contributed by atoms with Crippen molar-refractivity contribution < 1.29 is 0 Å². The molecule has 1 aliphatic carbocycles. The zero-order valence-electron chi connectivity index (χ0n) is 11.1. The molecule has 1 aromatic carbocycles. The van der Waals surface area contributed by atoms with Gasteiger partial charge in [-0.15, -0.1) is 0 Å². The van der Waals surface area contributed by atoms with Crippen molar-refractivity contribution in [1.29, 1.82) is 0 Å². The molecule has 17 heavy (non-hydrogen) atoms. The van der Waals surface area contributed by atoms with Gasteiger partial charge in [-0.2, -0.15) is 0 Å². The molecule has 2 nitrogen and oxygen atoms in total. The average Bonchev–Trinajstić information content (AvgIpc) is 2.35. The van der Waals surface area contributed by atoms with Gasteiger partial charge >= 0.3 is 0 Å². The molecule has 2 heteroatoms. The van der Waals surface area contributed by atoms with Crippen molar-refractivity contribution in [1.82, 2.24) is 0 Å². The first kappa shape index (κ1) is 14.2. The summed E-state index contributed by atoms with van der Waals surface area (Å²) in [6.07, 6.45) is 5.35. The summed E-state index contributed by atoms with van der Waals surface area (Å²) in [5.74, 6) is 0.781. The molecule has 0 spiro atoms. The SMILES string of the molecule is CC(N)c1ccccc1.CC1CCCCC1N. The van der Waals surface area contributed by atoms with Crippen LogP contribution in [0, 0.1) is 5.92 Å². The predicted octanol–water partition coefficient (Wildman–Crippen LogP) is 3.23. The fraction of sp³-hybridized carbons (Fsp3) is 0.600. The maximum Gasteiger partial charge on any atom is 0.0266 e. The van der Waals surface area contributed by atoms with Crippen LogP contribution in [0.4, 0.5) is 0 Å². The van der Waals surface area contributed by atoms with Crippen LogP contribution in [-0.2, 0) is 0 Å². The van der Waals surface area contributed by atoms with Gasteiger partial charge in [0.1, 0.15) is 0 Å². The Kier molecular flexibility index (Phi) is 6.23. The van der Waals surface area contributed by atoms with Gasteiger partial charge in [0.25, 0.3) is 0 Å². The Balaban J connectivity index is 0.000000171. The number of nitrogens with two attached hydrogens (primary N) is 2. The lowest BCUT2D eigenvalue weighted by Gasteiger charge is -2.24. The first-order valence-electron chi connectivity index (χ1n) is 6.67. The van der Waals surface area contributed by atoms with Gasteiger partial charge in [-0.3, -0.25) is 0 Å². The highest BCUT2D eigenvalue weighted by molar-refractivity contribution is 5.17. The molecule has 0 radical (unpaired) electrons. The quantitative estimate of drug-likeness (QED) is 0.784. The van der Waals surface area contributed by atoms with E-state index in [1.54, 1.807) is 0 Å². The van der Waals surface area contributed by atoms with Gasteiger partial charge in [0.15, 0.2) is 0 Å². The minimum atomic E-state index is 0.159. The van der Waals surface area contributed by atoms with E-state index in [4.69, 9.17) is 11.5 Å². The predicted molar refractivity (Wildman–Crippen MR) is 74.7 cm³/mol. The van der Waals surface area contributed by atoms with E-state index in [-0.39, 0.29) is 6.04 Å². The first-order valence-corrected chi connectivity index (χ1v) is 6.67. The second-order valence-corrected chi connectivity index (χ2v) is 5.12. The van der Waals surface area contributed by atoms with E-state index in [9.17, 15) is 0 Å². The van der Waals surface area contributed by atoms with Crippen LogP contribution >= 0.6 is 0 Å². The van der Waals surface area contributed by atoms with Crippen molar-refractivity contribution in [2.45, 2.75) is 51.6 Å². The molecule has 1 aliphatic rings. The van der Waals surface area contributed by atoms with Crippen LogP contribution < -0.4 is 11.5 Å². The molecular formula is C15H26N2. The minimum absolute atomic E-state index is 0.159. The van der Waals surface area contributed by atoms with Crippen LogP contribution in [-0.4, -0.2) is 6.04 Å². The largest absolute Gasteiger partial charge is 0.327 e. The summed E-state index contributed by atoms with van der Waals surface area (Å²) < 4.78 is 0. The van der Waals surface area contributed by atoms with Crippen LogP contribution in [0.25, 0.3) is 0 Å². The van der Waals surface area contributed by atoms with Gasteiger partial charge in [0, 0.05) is 12.1 Å². The van der Waals surface area contributed by atoms with Crippen LogP contribution in [0.5, 0.6) is 0 Å². The molecule has 0 aliphatic heterocycles. The zero-order valence-corrected chi connectivity index (χ0v) is 11.1. The van der Waals surface area contributed by atoms with Crippen LogP contribution in [0.15, 0.2) is 30.3 Å². The molecule has 0 bridgehead atoms. The van der Waals surface area contributed by atoms with Crippen molar-refractivity contribution in [3.8, 4) is 0 Å². The lowest BCUT2D eigenvalue weighted by molar-refractivity contribution is 0.331. The van der Waals surface area contributed by atoms with Crippen LogP contribution in [0.2, 0.25) is 0 Å². The van der Waals surface area contributed by atoms with Crippen molar-refractivity contribution in [2.75, 3.05) is 0 Å². The van der Waals surface area contributed by atoms with Crippen LogP contribution in [0.1, 0.15) is 51.1 Å². The molecule has 3 unspecified atom stereocenters. The highest BCUT2D eigenvalue weighted by Crippen LogP contribution is 2.21. The molecule has 4 N–H and O–H groups in total. The maximum atomic E-state index is 5.78. The van der Waals surface area contributed by atoms with E-state index in [0.717, 1.165) is 5.92 Å². The average molecular weight is 234 g/mol. The summed E-state index contributed by atoms with van der Waals surface area (Å²) in [6.45, 7) is 4.24. The number of rotatable bonds is 1. The molecule has 0 amide bonds. The van der Waals surface area contributed by atoms with Gasteiger partial charge in [-0.25, -0.2) is 0 Å². The van der Waals surface area contributed by atoms with Gasteiger partial charge in [-0.05, 0) is 31.2 Å². The van der Waals surface area contributed by atoms with Crippen molar-refractivity contribution >= 4 is 0 Å². The van der Waals surface area contributed by atoms with Gasteiger partial charge in [-0.1, -0.05) is 50.1 Å². The summed E-state index contributed by atoms with van der Waals surface area (Å²) in [5.41, 5.74) is 12.6. The topological polar surface area (TPSA) is 52.0 Å². The molecule has 0 aromatic heterocycles. The van der Waals surface area contributed by atoms with Crippen molar-refractivity contribution in [2.24, 2.45) is 17.4 Å². The summed E-state index contributed by atoms with van der Waals surface area (Å²) in [4.78, 5) is 0. The van der Waals surface area contributed by atoms with E-state index in [1.807, 2.05) is 37.3 Å². The second-order valence-electron chi connectivity index (χ2n) is 5.12. The molecule has 1 aromatic rings. The van der Waals surface area contributed by atoms with E-state index >= 15 is 0 Å². The van der Waals surface area contributed by atoms with Crippen molar-refractivity contribution in [3.05, 3.63) is 35.9 Å². The summed E-state index contributed by atoms with van der Waals surface area (Å²) in [5, 5.41) is 0. The molecule has 2 rings (SSSR count). The van der Waals surface area contributed by atoms with Crippen LogP contribution in [0.3, 0.4) is 0 Å². The van der Waals surface area contributed by atoms with E-state index in [0.29, 0.717) is 6.04 Å². The lowest BCUT2D eigenvalue weighted by Crippen LogP contribution is -2.30. The fourth-order valence-electron chi connectivity index (χ4n) is 2.10. The second kappa shape index (κ2) is 7.46. The summed E-state index contributed by atoms with van der Waals surface area (Å²) >= 11 is 0. The molecule has 0 heterocycles. The Bertz CT molecular complexity index is 285. The number of hydrogen-bond donors (Lipinski definition) is 2. The monoisotopic (exact) mass is 234 g/mol. The third-order valence-electron chi connectivity index (χ3n) is 3.50. The van der Waals surface area contributed by atoms with E-state index in [1.165, 1.54) is 31.2 Å². The maximum absolute atomic E-state index is 5.78. The van der Waals surface area contributed by atoms with Crippen molar-refractivity contribution in [3.63, 3.8) is 0 Å². The Hall–Kier alpha value is -0.860. The number of benzene rings is 1. The lowest BCUT2D eigenvalue weighted by atomic mass is 9.87. The van der Waals surface area contributed by atoms with Gasteiger partial charge in [0.05, 0.1) is 0 Å². The van der Waals surface area contributed by atoms with Gasteiger partial charge < -0.3 is 11.5 Å². The number of hydrogen-bond acceptors (Lipinski definition) is 2. The minimum Gasteiger partial charge on any atom is -0.327 e. The highest BCUT2D eigenvalue weighted by Gasteiger charge is 2.15. The molecular weight excluding hydrogens is 208 g/mol. The van der Waals surface area contributed by atoms with E-state index < -0.39 is 0 Å². The third kappa shape index (κ3) is 5.33. The summed E-state index contributed by atoms with van der Waals surface area (Å²) in [7, 11) is 0. The molecule has 1 fully saturated rings. The standard InChI is InChI=1S/C8H11N.C7H15N/c1-7(9)8-5-3-2-4-6-8;1-6-4-2-3-5-7(6)8/h2-7H,9H2,1H3;6-7H,2-5,8H2,1H3. The first-order chi connectivity index (χ1) is 8.11. The van der Waals surface area contributed by atoms with E-state index in [2.05, 4.69) is 6.92 Å². The Morgan fingerprint density at radius 2 is 1.71 bits per heavy atom. The zero-order chi connectivity index (χ0) is 12.7. The normalized spacial score (nSPS) is 25.6. The Morgan fingerprint density at radius 1 is 1.12 bits per heavy atom. The smallest absolute Gasteiger partial charge is 0.0266 e. The third-order valence-corrected chi connectivity index (χ3v) is 3.50. The van der Waals surface area contributed by atoms with Gasteiger partial charge in [0.2, 0.25) is 0 Å². The fourth-order valence-corrected chi connectivity index (χ4v) is 2.10. The molecule has 1 saturated carbocycles.